The van der Waals surface area contributed by atoms with Crippen molar-refractivity contribution >= 4 is 23.2 Å². The molecule has 0 radical (unpaired) electrons. The molecule has 0 aliphatic rings. The van der Waals surface area contributed by atoms with Crippen molar-refractivity contribution in [3.05, 3.63) is 63.5 Å². The Morgan fingerprint density at radius 2 is 2.25 bits per heavy atom. The number of hydrogen-bond donors (Lipinski definition) is 2. The van der Waals surface area contributed by atoms with Gasteiger partial charge in [0.15, 0.2) is 11.6 Å². The van der Waals surface area contributed by atoms with Crippen molar-refractivity contribution in [1.29, 1.82) is 5.53 Å². The second-order valence-electron chi connectivity index (χ2n) is 3.73. The molecule has 0 amide bonds. The monoisotopic (exact) mass is 315 g/mol. The average Bonchev–Trinajstić information content (AvgIpc) is 2.42. The van der Waals surface area contributed by atoms with Gasteiger partial charge in [0.2, 0.25) is 0 Å². The van der Waals surface area contributed by atoms with Crippen LogP contribution in [0.4, 0.5) is 4.39 Å². The van der Waals surface area contributed by atoms with E-state index < -0.39 is 11.9 Å². The molecule has 0 aromatic heterocycles. The van der Waals surface area contributed by atoms with Crippen molar-refractivity contribution in [1.82, 2.24) is 0 Å². The summed E-state index contributed by atoms with van der Waals surface area (Å²) in [5.41, 5.74) is 15.1. The predicted octanol–water partition coefficient (Wildman–Crippen LogP) is 4.71. The lowest BCUT2D eigenvalue weighted by atomic mass is 10.1. The molecule has 20 heavy (non-hydrogen) atoms. The Labute approximate surface area is 125 Å². The number of allylic oxidation sites excluding steroid dienone is 1. The molecule has 0 fully saturated rings. The zero-order chi connectivity index (χ0) is 15.3. The Hall–Kier alpha value is -1.81. The normalized spacial score (nSPS) is 13.0. The highest BCUT2D eigenvalue weighted by molar-refractivity contribution is 6.36. The first-order valence-electron chi connectivity index (χ1n) is 5.45. The molecule has 0 heterocycles. The quantitative estimate of drug-likeness (QED) is 0.271. The smallest absolute Gasteiger partial charge is 0.188 e. The molecule has 0 aliphatic heterocycles. The second kappa shape index (κ2) is 7.10. The fourth-order valence-electron chi connectivity index (χ4n) is 1.48. The number of halogens is 3. The first kappa shape index (κ1) is 16.2. The molecule has 3 N–H and O–H groups in total. The van der Waals surface area contributed by atoms with E-state index in [2.05, 4.69) is 17.4 Å². The summed E-state index contributed by atoms with van der Waals surface area (Å²) in [4.78, 5) is 0. The first-order valence-corrected chi connectivity index (χ1v) is 6.21. The summed E-state index contributed by atoms with van der Waals surface area (Å²) in [5, 5.41) is 3.19. The van der Waals surface area contributed by atoms with Gasteiger partial charge in [0.05, 0.1) is 5.02 Å². The van der Waals surface area contributed by atoms with Crippen LogP contribution in [0.15, 0.2) is 47.2 Å². The second-order valence-corrected chi connectivity index (χ2v) is 4.51. The summed E-state index contributed by atoms with van der Waals surface area (Å²) >= 11 is 11.9. The van der Waals surface area contributed by atoms with Crippen molar-refractivity contribution in [3.8, 4) is 0 Å². The fourth-order valence-corrected chi connectivity index (χ4v) is 2.16. The highest BCUT2D eigenvalue weighted by Gasteiger charge is 2.19. The molecule has 1 rings (SSSR count). The third kappa shape index (κ3) is 3.61. The van der Waals surface area contributed by atoms with Crippen LogP contribution in [0.25, 0.3) is 0 Å². The van der Waals surface area contributed by atoms with Crippen LogP contribution < -0.4 is 5.73 Å². The lowest BCUT2D eigenvalue weighted by Crippen LogP contribution is -2.06. The largest absolute Gasteiger partial charge is 0.481 e. The molecule has 0 saturated heterocycles. The van der Waals surface area contributed by atoms with E-state index in [1.165, 1.54) is 12.1 Å². The molecule has 4 nitrogen and oxygen atoms in total. The van der Waals surface area contributed by atoms with Gasteiger partial charge in [-0.1, -0.05) is 29.8 Å². The molecule has 1 unspecified atom stereocenters. The zero-order valence-corrected chi connectivity index (χ0v) is 12.1. The first-order chi connectivity index (χ1) is 9.42. The Kier molecular flexibility index (Phi) is 5.77. The van der Waals surface area contributed by atoms with E-state index in [-0.39, 0.29) is 27.2 Å². The van der Waals surface area contributed by atoms with Crippen molar-refractivity contribution < 1.29 is 9.13 Å². The Morgan fingerprint density at radius 3 is 2.80 bits per heavy atom. The van der Waals surface area contributed by atoms with Gasteiger partial charge >= 0.3 is 0 Å². The van der Waals surface area contributed by atoms with Crippen LogP contribution in [0.2, 0.25) is 10.0 Å². The summed E-state index contributed by atoms with van der Waals surface area (Å²) in [6.45, 7) is 4.99. The van der Waals surface area contributed by atoms with E-state index in [4.69, 9.17) is 39.2 Å². The molecule has 0 saturated carbocycles. The van der Waals surface area contributed by atoms with E-state index in [1.54, 1.807) is 6.92 Å². The summed E-state index contributed by atoms with van der Waals surface area (Å²) in [7, 11) is 0. The SMILES string of the molecule is C=C=C/C(OC(C)c1c(Cl)ccc(F)c1Cl)=C(/N)N=N. The van der Waals surface area contributed by atoms with E-state index in [0.29, 0.717) is 0 Å². The number of rotatable bonds is 5. The molecule has 1 aromatic rings. The number of nitrogens with zero attached hydrogens (tertiary/aromatic N) is 1. The van der Waals surface area contributed by atoms with Gasteiger partial charge in [-0.3, -0.25) is 0 Å². The summed E-state index contributed by atoms with van der Waals surface area (Å²) in [6.07, 6.45) is 0.607. The number of hydrogen-bond acceptors (Lipinski definition) is 4. The third-order valence-electron chi connectivity index (χ3n) is 2.40. The van der Waals surface area contributed by atoms with Gasteiger partial charge in [0, 0.05) is 16.7 Å². The molecule has 1 aromatic carbocycles. The van der Waals surface area contributed by atoms with Crippen molar-refractivity contribution in [3.63, 3.8) is 0 Å². The molecule has 0 spiro atoms. The molecule has 0 bridgehead atoms. The molecular weight excluding hydrogens is 304 g/mol. The maximum absolute atomic E-state index is 13.5. The lowest BCUT2D eigenvalue weighted by Gasteiger charge is -2.18. The van der Waals surface area contributed by atoms with Crippen molar-refractivity contribution in [2.75, 3.05) is 0 Å². The van der Waals surface area contributed by atoms with Crippen LogP contribution in [0.5, 0.6) is 0 Å². The summed E-state index contributed by atoms with van der Waals surface area (Å²) in [6, 6.07) is 2.54. The molecule has 0 aliphatic carbocycles. The highest BCUT2D eigenvalue weighted by Crippen LogP contribution is 2.35. The number of ether oxygens (including phenoxy) is 1. The van der Waals surface area contributed by atoms with Crippen LogP contribution in [-0.4, -0.2) is 0 Å². The number of nitrogens with one attached hydrogen (secondary N) is 1. The minimum atomic E-state index is -0.703. The molecule has 7 heteroatoms. The van der Waals surface area contributed by atoms with Crippen LogP contribution >= 0.6 is 23.2 Å². The van der Waals surface area contributed by atoms with Gasteiger partial charge in [0.1, 0.15) is 11.9 Å². The minimum Gasteiger partial charge on any atom is -0.481 e. The van der Waals surface area contributed by atoms with Crippen molar-refractivity contribution in [2.24, 2.45) is 10.8 Å². The van der Waals surface area contributed by atoms with Crippen molar-refractivity contribution in [2.45, 2.75) is 13.0 Å². The lowest BCUT2D eigenvalue weighted by molar-refractivity contribution is 0.139. The van der Waals surface area contributed by atoms with E-state index in [9.17, 15) is 4.39 Å². The van der Waals surface area contributed by atoms with E-state index in [0.717, 1.165) is 6.07 Å². The maximum atomic E-state index is 13.5. The summed E-state index contributed by atoms with van der Waals surface area (Å²) in [5.74, 6) is -0.708. The average molecular weight is 316 g/mol. The minimum absolute atomic E-state index is 0.0684. The van der Waals surface area contributed by atoms with Gasteiger partial charge in [-0.15, -0.1) is 10.8 Å². The summed E-state index contributed by atoms with van der Waals surface area (Å²) < 4.78 is 19.0. The zero-order valence-electron chi connectivity index (χ0n) is 10.6. The standard InChI is InChI=1S/C13H12Cl2FN3O/c1-3-4-10(13(17)19-18)20-7(2)11-8(14)5-6-9(16)12(11)15/h4-7,18H,1,17H2,2H3/b13-10+,19-18?. The Bertz CT molecular complexity index is 610. The van der Waals surface area contributed by atoms with Gasteiger partial charge in [-0.25, -0.2) is 9.92 Å². The fraction of sp³-hybridized carbons (Fsp3) is 0.154. The van der Waals surface area contributed by atoms with Crippen LogP contribution in [0, 0.1) is 11.3 Å². The molecule has 106 valence electrons. The van der Waals surface area contributed by atoms with Crippen LogP contribution in [-0.2, 0) is 4.74 Å². The number of nitrogens with two attached hydrogens (primary N) is 1. The third-order valence-corrected chi connectivity index (χ3v) is 3.11. The Morgan fingerprint density at radius 1 is 1.60 bits per heavy atom. The van der Waals surface area contributed by atoms with E-state index in [1.807, 2.05) is 0 Å². The topological polar surface area (TPSA) is 71.5 Å². The molecular formula is C13H12Cl2FN3O. The molecule has 1 atom stereocenters. The van der Waals surface area contributed by atoms with Gasteiger partial charge in [0.25, 0.3) is 0 Å². The van der Waals surface area contributed by atoms with Gasteiger partial charge in [-0.05, 0) is 19.1 Å². The predicted molar refractivity (Wildman–Crippen MR) is 76.0 cm³/mol. The maximum Gasteiger partial charge on any atom is 0.188 e. The highest BCUT2D eigenvalue weighted by atomic mass is 35.5. The number of benzene rings is 1. The van der Waals surface area contributed by atoms with Gasteiger partial charge < -0.3 is 10.5 Å². The van der Waals surface area contributed by atoms with Crippen LogP contribution in [0.1, 0.15) is 18.6 Å². The van der Waals surface area contributed by atoms with Crippen LogP contribution in [0.3, 0.4) is 0 Å². The Balaban J connectivity index is 3.20. The van der Waals surface area contributed by atoms with E-state index >= 15 is 0 Å². The van der Waals surface area contributed by atoms with Gasteiger partial charge in [-0.2, -0.15) is 0 Å².